The molecule has 2 aromatic rings. The van der Waals surface area contributed by atoms with Crippen LogP contribution < -0.4 is 4.90 Å². The third kappa shape index (κ3) is 4.48. The predicted octanol–water partition coefficient (Wildman–Crippen LogP) is 4.26. The number of amides is 2. The number of esters is 1. The molecule has 0 aliphatic carbocycles. The molecule has 3 saturated heterocycles. The van der Waals surface area contributed by atoms with Gasteiger partial charge in [0.15, 0.2) is 0 Å². The lowest BCUT2D eigenvalue weighted by molar-refractivity contribution is -0.160. The number of aliphatic hydroxyl groups excluding tert-OH is 1. The smallest absolute Gasteiger partial charge is 0.313 e. The summed E-state index contributed by atoms with van der Waals surface area (Å²) in [6, 6.07) is 12.1. The summed E-state index contributed by atoms with van der Waals surface area (Å²) in [6.07, 6.45) is 4.78. The van der Waals surface area contributed by atoms with Crippen LogP contribution in [0.2, 0.25) is 0 Å². The van der Waals surface area contributed by atoms with Crippen molar-refractivity contribution in [1.29, 1.82) is 0 Å². The molecular weight excluding hydrogens is 520 g/mol. The van der Waals surface area contributed by atoms with E-state index in [1.54, 1.807) is 11.0 Å². The second kappa shape index (κ2) is 11.1. The number of rotatable bonds is 11. The minimum Gasteiger partial charge on any atom is -0.461 e. The molecule has 8 heteroatoms. The molecule has 41 heavy (non-hydrogen) atoms. The first-order valence-corrected chi connectivity index (χ1v) is 14.5. The number of anilines is 1. The SMILES string of the molecule is C=CCOC(=O)[C@H]1[C@H]2C(=O)N([C@@H](CO)[C@@H](C)CC)C(C(=O)N(CC=C)c3ccc4ccccc4c3)C23CC[C@]1(C)O3. The summed E-state index contributed by atoms with van der Waals surface area (Å²) >= 11 is 0. The van der Waals surface area contributed by atoms with Crippen LogP contribution in [0.15, 0.2) is 67.8 Å². The summed E-state index contributed by atoms with van der Waals surface area (Å²) < 4.78 is 12.2. The van der Waals surface area contributed by atoms with Gasteiger partial charge in [0.25, 0.3) is 5.91 Å². The van der Waals surface area contributed by atoms with Crippen molar-refractivity contribution in [2.75, 3.05) is 24.7 Å². The zero-order chi connectivity index (χ0) is 29.5. The third-order valence-electron chi connectivity index (χ3n) is 9.51. The van der Waals surface area contributed by atoms with Crippen LogP contribution in [-0.2, 0) is 23.9 Å². The topological polar surface area (TPSA) is 96.4 Å². The maximum absolute atomic E-state index is 14.8. The molecule has 0 radical (unpaired) electrons. The van der Waals surface area contributed by atoms with Gasteiger partial charge in [0.05, 0.1) is 24.2 Å². The van der Waals surface area contributed by atoms with E-state index in [1.807, 2.05) is 63.2 Å². The van der Waals surface area contributed by atoms with Crippen LogP contribution in [0.25, 0.3) is 10.8 Å². The first-order valence-electron chi connectivity index (χ1n) is 14.5. The van der Waals surface area contributed by atoms with Crippen LogP contribution in [0.5, 0.6) is 0 Å². The summed E-state index contributed by atoms with van der Waals surface area (Å²) in [4.78, 5) is 45.8. The zero-order valence-corrected chi connectivity index (χ0v) is 24.1. The van der Waals surface area contributed by atoms with Crippen molar-refractivity contribution in [2.24, 2.45) is 17.8 Å². The number of nitrogens with zero attached hydrogens (tertiary/aromatic N) is 2. The molecular formula is C33H40N2O6. The first-order chi connectivity index (χ1) is 19.7. The molecule has 3 aliphatic rings. The van der Waals surface area contributed by atoms with Crippen molar-refractivity contribution in [2.45, 2.75) is 63.3 Å². The average Bonchev–Trinajstić information content (AvgIpc) is 3.55. The lowest BCUT2D eigenvalue weighted by Crippen LogP contribution is -2.60. The Morgan fingerprint density at radius 3 is 2.59 bits per heavy atom. The van der Waals surface area contributed by atoms with E-state index >= 15 is 0 Å². The molecule has 1 spiro atoms. The van der Waals surface area contributed by atoms with Gasteiger partial charge in [-0.25, -0.2) is 0 Å². The normalized spacial score (nSPS) is 29.7. The Kier molecular flexibility index (Phi) is 7.83. The highest BCUT2D eigenvalue weighted by Crippen LogP contribution is 2.64. The number of hydrogen-bond acceptors (Lipinski definition) is 6. The highest BCUT2D eigenvalue weighted by atomic mass is 16.6. The van der Waals surface area contributed by atoms with E-state index in [0.717, 1.165) is 10.8 Å². The van der Waals surface area contributed by atoms with Gasteiger partial charge in [-0.1, -0.05) is 69.3 Å². The van der Waals surface area contributed by atoms with Crippen LogP contribution >= 0.6 is 0 Å². The molecule has 1 N–H and O–H groups in total. The zero-order valence-electron chi connectivity index (χ0n) is 24.1. The van der Waals surface area contributed by atoms with Gasteiger partial charge < -0.3 is 24.4 Å². The third-order valence-corrected chi connectivity index (χ3v) is 9.51. The van der Waals surface area contributed by atoms with Gasteiger partial charge in [0, 0.05) is 12.2 Å². The van der Waals surface area contributed by atoms with E-state index in [2.05, 4.69) is 13.2 Å². The number of carbonyl (C=O) groups excluding carboxylic acids is 3. The number of ether oxygens (including phenoxy) is 2. The Hall–Kier alpha value is -3.49. The lowest BCUT2D eigenvalue weighted by atomic mass is 9.66. The van der Waals surface area contributed by atoms with E-state index in [1.165, 1.54) is 11.0 Å². The lowest BCUT2D eigenvalue weighted by Gasteiger charge is -2.41. The van der Waals surface area contributed by atoms with Gasteiger partial charge in [-0.3, -0.25) is 14.4 Å². The van der Waals surface area contributed by atoms with Crippen LogP contribution in [-0.4, -0.2) is 70.8 Å². The molecule has 5 rings (SSSR count). The maximum atomic E-state index is 14.8. The number of fused-ring (bicyclic) bond motifs is 2. The van der Waals surface area contributed by atoms with Gasteiger partial charge in [-0.15, -0.1) is 6.58 Å². The Labute approximate surface area is 241 Å². The Bertz CT molecular complexity index is 1370. The summed E-state index contributed by atoms with van der Waals surface area (Å²) in [5.74, 6) is -3.05. The molecule has 2 amide bonds. The van der Waals surface area contributed by atoms with Crippen molar-refractivity contribution >= 4 is 34.2 Å². The summed E-state index contributed by atoms with van der Waals surface area (Å²) in [5, 5.41) is 12.6. The average molecular weight is 561 g/mol. The monoisotopic (exact) mass is 560 g/mol. The second-order valence-electron chi connectivity index (χ2n) is 11.8. The van der Waals surface area contributed by atoms with E-state index in [4.69, 9.17) is 9.47 Å². The molecule has 3 aliphatic heterocycles. The summed E-state index contributed by atoms with van der Waals surface area (Å²) in [5.41, 5.74) is -1.50. The van der Waals surface area contributed by atoms with Gasteiger partial charge >= 0.3 is 5.97 Å². The van der Waals surface area contributed by atoms with Crippen molar-refractivity contribution in [1.82, 2.24) is 4.90 Å². The van der Waals surface area contributed by atoms with Gasteiger partial charge in [-0.05, 0) is 48.6 Å². The largest absolute Gasteiger partial charge is 0.461 e. The molecule has 2 unspecified atom stereocenters. The van der Waals surface area contributed by atoms with Crippen molar-refractivity contribution in [3.05, 3.63) is 67.8 Å². The summed E-state index contributed by atoms with van der Waals surface area (Å²) in [6.45, 7) is 13.2. The quantitative estimate of drug-likeness (QED) is 0.326. The number of carbonyl (C=O) groups is 3. The van der Waals surface area contributed by atoms with Gasteiger partial charge in [-0.2, -0.15) is 0 Å². The number of aliphatic hydroxyl groups is 1. The molecule has 0 aromatic heterocycles. The second-order valence-corrected chi connectivity index (χ2v) is 11.8. The minimum atomic E-state index is -1.22. The molecule has 218 valence electrons. The van der Waals surface area contributed by atoms with Crippen LogP contribution in [0.1, 0.15) is 40.0 Å². The Balaban J connectivity index is 1.64. The number of likely N-dealkylation sites (tertiary alicyclic amines) is 1. The van der Waals surface area contributed by atoms with Crippen LogP contribution in [0.3, 0.4) is 0 Å². The fourth-order valence-corrected chi connectivity index (χ4v) is 7.35. The fraction of sp³-hybridized carbons (Fsp3) is 0.485. The molecule has 2 bridgehead atoms. The molecule has 2 aromatic carbocycles. The van der Waals surface area contributed by atoms with Crippen LogP contribution in [0.4, 0.5) is 5.69 Å². The molecule has 3 heterocycles. The fourth-order valence-electron chi connectivity index (χ4n) is 7.35. The van der Waals surface area contributed by atoms with Crippen molar-refractivity contribution < 1.29 is 29.0 Å². The van der Waals surface area contributed by atoms with Crippen LogP contribution in [0, 0.1) is 17.8 Å². The number of hydrogen-bond donors (Lipinski definition) is 1. The van der Waals surface area contributed by atoms with Crippen molar-refractivity contribution in [3.8, 4) is 0 Å². The minimum absolute atomic E-state index is 0.0204. The maximum Gasteiger partial charge on any atom is 0.313 e. The van der Waals surface area contributed by atoms with E-state index in [9.17, 15) is 19.5 Å². The molecule has 3 fully saturated rings. The van der Waals surface area contributed by atoms with Crippen molar-refractivity contribution in [3.63, 3.8) is 0 Å². The van der Waals surface area contributed by atoms with E-state index in [0.29, 0.717) is 24.9 Å². The standard InChI is InChI=1S/C33H40N2O6/c1-6-17-34(24-14-13-22-11-9-10-12-23(22)19-24)30(38)28-33-16-15-32(5,41-33)27(31(39)40-18-7-2)26(33)29(37)35(28)25(20-36)21(4)8-3/h6-7,9-14,19,21,25-28,36H,1-2,8,15-18,20H2,3-5H3/t21-,25-,26-,27+,28?,32-,33?/m0/s1. The Morgan fingerprint density at radius 1 is 1.20 bits per heavy atom. The molecule has 8 nitrogen and oxygen atoms in total. The highest BCUT2D eigenvalue weighted by Gasteiger charge is 2.79. The van der Waals surface area contributed by atoms with Gasteiger partial charge in [0.1, 0.15) is 24.2 Å². The predicted molar refractivity (Wildman–Crippen MR) is 157 cm³/mol. The summed E-state index contributed by atoms with van der Waals surface area (Å²) in [7, 11) is 0. The first kappa shape index (κ1) is 29.0. The van der Waals surface area contributed by atoms with Gasteiger partial charge in [0.2, 0.25) is 5.91 Å². The Morgan fingerprint density at radius 2 is 1.93 bits per heavy atom. The highest BCUT2D eigenvalue weighted by molar-refractivity contribution is 6.05. The van der Waals surface area contributed by atoms with E-state index in [-0.39, 0.29) is 37.5 Å². The molecule has 0 saturated carbocycles. The number of benzene rings is 2. The molecule has 7 atom stereocenters. The van der Waals surface area contributed by atoms with E-state index < -0.39 is 41.1 Å².